The topological polar surface area (TPSA) is 67.6 Å². The standard InChI is InChI=1S/C25H23ClFN5OS/c1-4-34-30-21-9-16(19-13-31(3)25(33)23-18(19)7-8-28-23)10-22-24(21)29-14(2)32(22)12-15-5-6-17(27)11-20(15)26/h5-11,13,28,30H,4,12H2,1-3H3. The van der Waals surface area contributed by atoms with E-state index in [1.807, 2.05) is 19.2 Å². The largest absolute Gasteiger partial charge is 0.357 e. The number of fused-ring (bicyclic) bond motifs is 2. The van der Waals surface area contributed by atoms with Crippen molar-refractivity contribution in [1.82, 2.24) is 19.1 Å². The van der Waals surface area contributed by atoms with Gasteiger partial charge in [-0.1, -0.05) is 36.5 Å². The molecule has 174 valence electrons. The number of aromatic amines is 1. The van der Waals surface area contributed by atoms with E-state index in [1.54, 1.807) is 35.8 Å². The zero-order valence-electron chi connectivity index (χ0n) is 18.9. The van der Waals surface area contributed by atoms with Crippen LogP contribution >= 0.6 is 23.5 Å². The minimum Gasteiger partial charge on any atom is -0.357 e. The van der Waals surface area contributed by atoms with E-state index in [2.05, 4.69) is 33.3 Å². The van der Waals surface area contributed by atoms with Gasteiger partial charge in [-0.2, -0.15) is 0 Å². The first-order valence-electron chi connectivity index (χ1n) is 10.9. The lowest BCUT2D eigenvalue weighted by atomic mass is 10.0. The summed E-state index contributed by atoms with van der Waals surface area (Å²) < 4.78 is 20.7. The number of H-pyrrole nitrogens is 1. The van der Waals surface area contributed by atoms with Gasteiger partial charge in [-0.05, 0) is 48.4 Å². The molecule has 0 fully saturated rings. The maximum absolute atomic E-state index is 13.6. The van der Waals surface area contributed by atoms with Gasteiger partial charge in [0, 0.05) is 41.2 Å². The Morgan fingerprint density at radius 2 is 2.06 bits per heavy atom. The predicted molar refractivity (Wildman–Crippen MR) is 139 cm³/mol. The van der Waals surface area contributed by atoms with E-state index in [4.69, 9.17) is 16.6 Å². The van der Waals surface area contributed by atoms with Crippen molar-refractivity contribution in [2.24, 2.45) is 7.05 Å². The number of benzene rings is 2. The molecule has 2 aromatic carbocycles. The summed E-state index contributed by atoms with van der Waals surface area (Å²) in [5, 5.41) is 1.24. The molecule has 0 spiro atoms. The van der Waals surface area contributed by atoms with Crippen LogP contribution in [-0.4, -0.2) is 24.9 Å². The van der Waals surface area contributed by atoms with Gasteiger partial charge in [-0.3, -0.25) is 4.79 Å². The molecule has 0 aliphatic heterocycles. The Morgan fingerprint density at radius 1 is 1.24 bits per heavy atom. The van der Waals surface area contributed by atoms with Crippen LogP contribution in [0.3, 0.4) is 0 Å². The van der Waals surface area contributed by atoms with E-state index >= 15 is 0 Å². The lowest BCUT2D eigenvalue weighted by Gasteiger charge is -2.13. The molecule has 3 heterocycles. The third-order valence-corrected chi connectivity index (χ3v) is 6.92. The third kappa shape index (κ3) is 3.86. The highest BCUT2D eigenvalue weighted by Crippen LogP contribution is 2.35. The Balaban J connectivity index is 1.74. The van der Waals surface area contributed by atoms with E-state index in [1.165, 1.54) is 12.1 Å². The molecule has 0 bridgehead atoms. The second-order valence-corrected chi connectivity index (χ2v) is 9.61. The lowest BCUT2D eigenvalue weighted by molar-refractivity contribution is 0.626. The van der Waals surface area contributed by atoms with Crippen molar-refractivity contribution in [3.05, 3.63) is 81.4 Å². The summed E-state index contributed by atoms with van der Waals surface area (Å²) in [6.07, 6.45) is 3.64. The highest BCUT2D eigenvalue weighted by Gasteiger charge is 2.18. The molecule has 6 nitrogen and oxygen atoms in total. The number of aryl methyl sites for hydroxylation is 2. The first-order chi connectivity index (χ1) is 16.4. The molecule has 0 saturated heterocycles. The number of rotatable bonds is 6. The van der Waals surface area contributed by atoms with Crippen LogP contribution in [0.1, 0.15) is 18.3 Å². The first-order valence-corrected chi connectivity index (χ1v) is 12.2. The van der Waals surface area contributed by atoms with Crippen molar-refractivity contribution < 1.29 is 4.39 Å². The Hall–Kier alpha value is -3.23. The van der Waals surface area contributed by atoms with E-state index in [0.29, 0.717) is 17.1 Å². The highest BCUT2D eigenvalue weighted by molar-refractivity contribution is 8.00. The fraction of sp³-hybridized carbons (Fsp3) is 0.200. The van der Waals surface area contributed by atoms with Crippen molar-refractivity contribution in [3.8, 4) is 11.1 Å². The van der Waals surface area contributed by atoms with Gasteiger partial charge in [0.2, 0.25) is 0 Å². The van der Waals surface area contributed by atoms with Crippen LogP contribution in [0.5, 0.6) is 0 Å². The summed E-state index contributed by atoms with van der Waals surface area (Å²) in [4.78, 5) is 20.5. The first kappa shape index (κ1) is 22.6. The predicted octanol–water partition coefficient (Wildman–Crippen LogP) is 6.11. The molecule has 0 aliphatic rings. The zero-order chi connectivity index (χ0) is 24.0. The van der Waals surface area contributed by atoms with Gasteiger partial charge in [0.1, 0.15) is 22.7 Å². The molecule has 0 aliphatic carbocycles. The molecule has 0 amide bonds. The van der Waals surface area contributed by atoms with Crippen LogP contribution in [0.2, 0.25) is 5.02 Å². The molecule has 34 heavy (non-hydrogen) atoms. The number of imidazole rings is 1. The molecule has 2 N–H and O–H groups in total. The SMILES string of the molecule is CCSNc1cc(-c2cn(C)c(=O)c3[nH]ccc23)cc2c1nc(C)n2Cc1ccc(F)cc1Cl. The summed E-state index contributed by atoms with van der Waals surface area (Å²) in [6.45, 7) is 4.48. The fourth-order valence-corrected chi connectivity index (χ4v) is 4.92. The van der Waals surface area contributed by atoms with Gasteiger partial charge in [0.05, 0.1) is 17.7 Å². The normalized spacial score (nSPS) is 11.6. The van der Waals surface area contributed by atoms with E-state index in [9.17, 15) is 9.18 Å². The summed E-state index contributed by atoms with van der Waals surface area (Å²) in [5.74, 6) is 1.35. The van der Waals surface area contributed by atoms with E-state index in [-0.39, 0.29) is 11.4 Å². The van der Waals surface area contributed by atoms with Crippen molar-refractivity contribution in [2.75, 3.05) is 10.5 Å². The Kier molecular flexibility index (Phi) is 5.87. The second kappa shape index (κ2) is 8.85. The van der Waals surface area contributed by atoms with Gasteiger partial charge in [0.25, 0.3) is 5.56 Å². The average Bonchev–Trinajstić information content (AvgIpc) is 3.41. The summed E-state index contributed by atoms with van der Waals surface area (Å²) in [5.41, 5.74) is 5.86. The van der Waals surface area contributed by atoms with Gasteiger partial charge < -0.3 is 18.8 Å². The Morgan fingerprint density at radius 3 is 2.82 bits per heavy atom. The van der Waals surface area contributed by atoms with Crippen LogP contribution in [0.4, 0.5) is 10.1 Å². The van der Waals surface area contributed by atoms with Crippen LogP contribution in [0, 0.1) is 12.7 Å². The Labute approximate surface area is 204 Å². The highest BCUT2D eigenvalue weighted by atomic mass is 35.5. The molecule has 0 saturated carbocycles. The summed E-state index contributed by atoms with van der Waals surface area (Å²) in [7, 11) is 1.75. The molecule has 9 heteroatoms. The van der Waals surface area contributed by atoms with Crippen molar-refractivity contribution in [3.63, 3.8) is 0 Å². The number of nitrogens with one attached hydrogen (secondary N) is 2. The molecule has 0 unspecified atom stereocenters. The zero-order valence-corrected chi connectivity index (χ0v) is 20.5. The van der Waals surface area contributed by atoms with Crippen molar-refractivity contribution >= 4 is 51.2 Å². The number of hydrogen-bond acceptors (Lipinski definition) is 4. The minimum atomic E-state index is -0.364. The maximum atomic E-state index is 13.6. The molecule has 0 radical (unpaired) electrons. The molecule has 0 atom stereocenters. The molecular weight excluding hydrogens is 473 g/mol. The van der Waals surface area contributed by atoms with Crippen molar-refractivity contribution in [1.29, 1.82) is 0 Å². The van der Waals surface area contributed by atoms with Crippen LogP contribution in [0.25, 0.3) is 33.1 Å². The van der Waals surface area contributed by atoms with Crippen LogP contribution < -0.4 is 10.3 Å². The summed E-state index contributed by atoms with van der Waals surface area (Å²) >= 11 is 7.93. The van der Waals surface area contributed by atoms with E-state index in [0.717, 1.165) is 50.4 Å². The van der Waals surface area contributed by atoms with Gasteiger partial charge in [0.15, 0.2) is 0 Å². The van der Waals surface area contributed by atoms with E-state index < -0.39 is 0 Å². The third-order valence-electron chi connectivity index (χ3n) is 5.92. The van der Waals surface area contributed by atoms with Gasteiger partial charge >= 0.3 is 0 Å². The summed E-state index contributed by atoms with van der Waals surface area (Å²) in [6, 6.07) is 10.5. The van der Waals surface area contributed by atoms with Crippen LogP contribution in [0.15, 0.2) is 53.6 Å². The quantitative estimate of drug-likeness (QED) is 0.279. The lowest BCUT2D eigenvalue weighted by Crippen LogP contribution is -2.16. The number of anilines is 1. The van der Waals surface area contributed by atoms with Gasteiger partial charge in [-0.25, -0.2) is 9.37 Å². The average molecular weight is 496 g/mol. The number of nitrogens with zero attached hydrogens (tertiary/aromatic N) is 3. The minimum absolute atomic E-state index is 0.0726. The molecule has 5 aromatic rings. The number of hydrogen-bond donors (Lipinski definition) is 2. The Bertz CT molecular complexity index is 1600. The number of halogens is 2. The number of pyridine rings is 1. The van der Waals surface area contributed by atoms with Gasteiger partial charge in [-0.15, -0.1) is 0 Å². The fourth-order valence-electron chi connectivity index (χ4n) is 4.24. The smallest absolute Gasteiger partial charge is 0.274 e. The molecule has 3 aromatic heterocycles. The molecular formula is C25H23ClFN5OS. The molecule has 5 rings (SSSR count). The second-order valence-electron chi connectivity index (χ2n) is 8.13. The number of aromatic nitrogens is 4. The monoisotopic (exact) mass is 495 g/mol. The maximum Gasteiger partial charge on any atom is 0.274 e. The van der Waals surface area contributed by atoms with Crippen LogP contribution in [-0.2, 0) is 13.6 Å². The van der Waals surface area contributed by atoms with Crippen molar-refractivity contribution in [2.45, 2.75) is 20.4 Å².